The third-order valence-electron chi connectivity index (χ3n) is 10.3. The lowest BCUT2D eigenvalue weighted by Gasteiger charge is -2.25. The second-order valence-corrected chi connectivity index (χ2v) is 17.1. The summed E-state index contributed by atoms with van der Waals surface area (Å²) in [5, 5.41) is 33.1. The van der Waals surface area contributed by atoms with Crippen LogP contribution in [0.5, 0.6) is 17.2 Å². The third-order valence-corrected chi connectivity index (χ3v) is 11.7. The predicted molar refractivity (Wildman–Crippen MR) is 217 cm³/mol. The summed E-state index contributed by atoms with van der Waals surface area (Å²) in [6.07, 6.45) is 4.87. The zero-order valence-electron chi connectivity index (χ0n) is 33.2. The number of aliphatic hydroxyl groups excluding tert-OH is 1. The second-order valence-electron chi connectivity index (χ2n) is 14.7. The maximum absolute atomic E-state index is 12.1. The van der Waals surface area contributed by atoms with Crippen molar-refractivity contribution < 1.29 is 52.3 Å². The van der Waals surface area contributed by atoms with Crippen LogP contribution in [0.3, 0.4) is 0 Å². The van der Waals surface area contributed by atoms with Gasteiger partial charge in [0.15, 0.2) is 15.4 Å². The van der Waals surface area contributed by atoms with E-state index in [1.54, 1.807) is 12.1 Å². The minimum absolute atomic E-state index is 0.0372. The molecule has 1 aromatic heterocycles. The van der Waals surface area contributed by atoms with E-state index in [-0.39, 0.29) is 36.2 Å². The molecule has 1 aliphatic heterocycles. The van der Waals surface area contributed by atoms with Crippen molar-refractivity contribution in [2.24, 2.45) is 0 Å². The van der Waals surface area contributed by atoms with Gasteiger partial charge < -0.3 is 34.3 Å². The first-order valence-corrected chi connectivity index (χ1v) is 20.9. The Morgan fingerprint density at radius 1 is 0.966 bits per heavy atom. The predicted octanol–water partition coefficient (Wildman–Crippen LogP) is 4.88. The number of likely N-dealkylation sites (tertiary alicyclic amines) is 1. The molecule has 58 heavy (non-hydrogen) atoms. The first-order valence-electron chi connectivity index (χ1n) is 18.6. The lowest BCUT2D eigenvalue weighted by atomic mass is 9.93. The summed E-state index contributed by atoms with van der Waals surface area (Å²) >= 11 is 6.73. The van der Waals surface area contributed by atoms with E-state index in [1.807, 2.05) is 55.1 Å². The van der Waals surface area contributed by atoms with Crippen LogP contribution in [0, 0.1) is 13.8 Å². The molecule has 2 heterocycles. The number of hydrogen-bond acceptors (Lipinski definition) is 13. The number of aliphatic carboxylic acids is 1. The summed E-state index contributed by atoms with van der Waals surface area (Å²) in [6, 6.07) is 16.5. The molecule has 2 atom stereocenters. The fraction of sp³-hybridized carbons (Fsp3) is 0.405. The number of nitrogens with one attached hydrogen (secondary N) is 1. The van der Waals surface area contributed by atoms with E-state index in [4.69, 9.17) is 30.5 Å². The van der Waals surface area contributed by atoms with E-state index >= 15 is 0 Å². The third kappa shape index (κ3) is 10.6. The number of methoxy groups -OCH3 is 1. The Balaban J connectivity index is 1.30. The van der Waals surface area contributed by atoms with Gasteiger partial charge in [-0.3, -0.25) is 20.0 Å². The van der Waals surface area contributed by atoms with E-state index in [9.17, 15) is 33.3 Å². The van der Waals surface area contributed by atoms with Gasteiger partial charge in [-0.1, -0.05) is 41.9 Å². The van der Waals surface area contributed by atoms with E-state index in [1.165, 1.54) is 32.5 Å². The summed E-state index contributed by atoms with van der Waals surface area (Å²) in [5.74, 6) is -0.506. The zero-order chi connectivity index (χ0) is 42.3. The number of ether oxygens (including phenoxy) is 4. The molecule has 1 aliphatic rings. The number of aromatic nitrogens is 1. The number of carboxylic acids is 1. The van der Waals surface area contributed by atoms with Crippen LogP contribution in [-0.2, 0) is 43.9 Å². The Hall–Kier alpha value is -4.77. The first-order chi connectivity index (χ1) is 27.5. The number of carboxylic acid groups (broad SMARTS) is 1. The number of hydrogen-bond donors (Lipinski definition) is 4. The Labute approximate surface area is 343 Å². The number of sulfone groups is 1. The van der Waals surface area contributed by atoms with E-state index in [2.05, 4.69) is 10.3 Å². The van der Waals surface area contributed by atoms with Crippen LogP contribution in [-0.4, -0.2) is 103 Å². The number of carbonyl (C=O) groups is 2. The van der Waals surface area contributed by atoms with Gasteiger partial charge in [-0.2, -0.15) is 0 Å². The SMILES string of the molecule is COC(=O)C1(O)CCN(CCCOc2cccc(-c3cccc(COc4cc(OCc5cncc(S(C)(=O)=O)c5)c(CN[C@](C)(CO)C(=O)O)cc4Cl)c3C)c2C)C1. The molecule has 0 saturated carbocycles. The number of β-amino-alcohol motifs (C(OH)–C–C–N with tert-alkyl or cyclic N) is 1. The van der Waals surface area contributed by atoms with Crippen LogP contribution < -0.4 is 19.5 Å². The van der Waals surface area contributed by atoms with Crippen molar-refractivity contribution in [2.75, 3.05) is 46.2 Å². The van der Waals surface area contributed by atoms with Crippen LogP contribution in [0.1, 0.15) is 47.6 Å². The number of aliphatic hydroxyl groups is 2. The summed E-state index contributed by atoms with van der Waals surface area (Å²) in [4.78, 5) is 29.9. The zero-order valence-corrected chi connectivity index (χ0v) is 34.8. The van der Waals surface area contributed by atoms with Gasteiger partial charge in [0, 0.05) is 68.4 Å². The highest BCUT2D eigenvalue weighted by Gasteiger charge is 2.43. The molecular formula is C42H50ClN3O11S. The van der Waals surface area contributed by atoms with Gasteiger partial charge in [0.2, 0.25) is 0 Å². The van der Waals surface area contributed by atoms with Crippen molar-refractivity contribution in [3.8, 4) is 28.4 Å². The first kappa shape index (κ1) is 44.3. The molecule has 4 N–H and O–H groups in total. The molecule has 5 rings (SSSR count). The fourth-order valence-electron chi connectivity index (χ4n) is 6.59. The molecule has 14 nitrogen and oxygen atoms in total. The number of nitrogens with zero attached hydrogens (tertiary/aromatic N) is 2. The topological polar surface area (TPSA) is 194 Å². The molecule has 1 unspecified atom stereocenters. The molecule has 4 aromatic rings. The van der Waals surface area contributed by atoms with Crippen molar-refractivity contribution in [1.29, 1.82) is 0 Å². The quantitative estimate of drug-likeness (QED) is 0.0737. The smallest absolute Gasteiger partial charge is 0.339 e. The molecule has 0 aliphatic carbocycles. The average molecular weight is 840 g/mol. The number of benzene rings is 3. The summed E-state index contributed by atoms with van der Waals surface area (Å²) in [7, 11) is -2.23. The van der Waals surface area contributed by atoms with E-state index < -0.39 is 39.5 Å². The number of pyridine rings is 1. The fourth-order valence-corrected chi connectivity index (χ4v) is 7.45. The van der Waals surface area contributed by atoms with Gasteiger partial charge in [0.1, 0.15) is 36.0 Å². The number of carbonyl (C=O) groups excluding carboxylic acids is 1. The van der Waals surface area contributed by atoms with Crippen molar-refractivity contribution in [1.82, 2.24) is 15.2 Å². The van der Waals surface area contributed by atoms with Crippen LogP contribution in [0.2, 0.25) is 5.02 Å². The van der Waals surface area contributed by atoms with E-state index in [0.717, 1.165) is 39.8 Å². The van der Waals surface area contributed by atoms with Gasteiger partial charge in [0.25, 0.3) is 0 Å². The molecule has 1 fully saturated rings. The second kappa shape index (κ2) is 18.9. The Kier molecular flexibility index (Phi) is 14.4. The van der Waals surface area contributed by atoms with Crippen LogP contribution in [0.4, 0.5) is 0 Å². The van der Waals surface area contributed by atoms with Gasteiger partial charge in [-0.05, 0) is 73.2 Å². The molecule has 0 spiro atoms. The summed E-state index contributed by atoms with van der Waals surface area (Å²) in [5.41, 5.74) is 2.70. The monoisotopic (exact) mass is 839 g/mol. The highest BCUT2D eigenvalue weighted by atomic mass is 35.5. The van der Waals surface area contributed by atoms with Crippen LogP contribution in [0.25, 0.3) is 11.1 Å². The van der Waals surface area contributed by atoms with Gasteiger partial charge in [-0.15, -0.1) is 0 Å². The Bertz CT molecular complexity index is 2240. The van der Waals surface area contributed by atoms with Crippen molar-refractivity contribution in [2.45, 2.75) is 69.4 Å². The molecular weight excluding hydrogens is 790 g/mol. The highest BCUT2D eigenvalue weighted by Crippen LogP contribution is 2.37. The molecule has 3 aromatic carbocycles. The van der Waals surface area contributed by atoms with Crippen molar-refractivity contribution in [3.05, 3.63) is 99.8 Å². The van der Waals surface area contributed by atoms with Crippen molar-refractivity contribution >= 4 is 33.4 Å². The largest absolute Gasteiger partial charge is 0.493 e. The van der Waals surface area contributed by atoms with Gasteiger partial charge >= 0.3 is 11.9 Å². The summed E-state index contributed by atoms with van der Waals surface area (Å²) < 4.78 is 47.6. The Morgan fingerprint density at radius 3 is 2.36 bits per heavy atom. The molecule has 1 saturated heterocycles. The number of halogens is 1. The average Bonchev–Trinajstić information content (AvgIpc) is 3.59. The molecule has 0 radical (unpaired) electrons. The van der Waals surface area contributed by atoms with Gasteiger partial charge in [-0.25, -0.2) is 13.2 Å². The lowest BCUT2D eigenvalue weighted by Crippen LogP contribution is -2.52. The van der Waals surface area contributed by atoms with E-state index in [0.29, 0.717) is 55.2 Å². The number of rotatable bonds is 19. The molecule has 16 heteroatoms. The molecule has 0 bridgehead atoms. The molecule has 312 valence electrons. The highest BCUT2D eigenvalue weighted by molar-refractivity contribution is 7.90. The maximum atomic E-state index is 12.1. The van der Waals surface area contributed by atoms with Gasteiger partial charge in [0.05, 0.1) is 30.2 Å². The minimum Gasteiger partial charge on any atom is -0.493 e. The van der Waals surface area contributed by atoms with Crippen LogP contribution in [0.15, 0.2) is 71.9 Å². The number of esters is 1. The summed E-state index contributed by atoms with van der Waals surface area (Å²) in [6.45, 7) is 6.71. The van der Waals surface area contributed by atoms with Crippen LogP contribution >= 0.6 is 11.6 Å². The standard InChI is InChI=1S/C42H50ClN3O11S/c1-27-30(9-6-10-33(27)34-11-7-12-36(28(34)2)55-16-8-14-46-15-13-42(51,25-46)40(50)54-4)24-57-38-19-37(56-23-29-17-32(22-44-20-29)58(5,52)53)31(18-35(38)43)21-45-41(3,26-47)39(48)49/h6-7,9-12,17-20,22,45,47,51H,8,13-16,21,23-26H2,1-5H3,(H,48,49)/t41-,42?/m1/s1. The normalized spacial score (nSPS) is 16.8. The lowest BCUT2D eigenvalue weighted by molar-refractivity contribution is -0.160. The van der Waals surface area contributed by atoms with Crippen molar-refractivity contribution in [3.63, 3.8) is 0 Å². The molecule has 0 amide bonds. The maximum Gasteiger partial charge on any atom is 0.339 e. The Morgan fingerprint density at radius 2 is 1.67 bits per heavy atom. The minimum atomic E-state index is -3.51.